The number of halogens is 1. The number of benzene rings is 2. The van der Waals surface area contributed by atoms with Crippen LogP contribution >= 0.6 is 11.6 Å². The smallest absolute Gasteiger partial charge is 0.225 e. The molecule has 1 heterocycles. The maximum Gasteiger partial charge on any atom is 0.225 e. The van der Waals surface area contributed by atoms with Crippen molar-refractivity contribution in [3.05, 3.63) is 59.6 Å². The molecule has 1 fully saturated rings. The number of nitrogens with one attached hydrogen (secondary N) is 2. The summed E-state index contributed by atoms with van der Waals surface area (Å²) in [6.07, 6.45) is 2.32. The monoisotopic (exact) mass is 366 g/mol. The van der Waals surface area contributed by atoms with Gasteiger partial charge in [0.05, 0.1) is 17.8 Å². The quantitative estimate of drug-likeness (QED) is 0.633. The van der Waals surface area contributed by atoms with Crippen LogP contribution in [0.15, 0.2) is 54.6 Å². The average molecular weight is 367 g/mol. The van der Waals surface area contributed by atoms with E-state index in [4.69, 9.17) is 16.3 Å². The first-order valence-corrected chi connectivity index (χ1v) is 8.90. The zero-order chi connectivity index (χ0) is 17.9. The number of methoxy groups -OCH3 is 1. The molecule has 4 rings (SSSR count). The van der Waals surface area contributed by atoms with Crippen LogP contribution in [0.3, 0.4) is 0 Å². The molecular weight excluding hydrogens is 348 g/mol. The molecule has 1 saturated carbocycles. The summed E-state index contributed by atoms with van der Waals surface area (Å²) in [5.41, 5.74) is 2.75. The fraction of sp³-hybridized carbons (Fsp3) is 0.200. The molecule has 2 N–H and O–H groups in total. The SMILES string of the molecule is COc1ccc(Nc2cc(-c3ccccc3)nc(NC3CC3)n2)cc1Cl. The summed E-state index contributed by atoms with van der Waals surface area (Å²) < 4.78 is 5.20. The van der Waals surface area contributed by atoms with Gasteiger partial charge in [-0.2, -0.15) is 4.98 Å². The second-order valence-corrected chi connectivity index (χ2v) is 6.63. The normalized spacial score (nSPS) is 13.3. The highest BCUT2D eigenvalue weighted by Crippen LogP contribution is 2.30. The molecule has 0 unspecified atom stereocenters. The molecule has 0 amide bonds. The van der Waals surface area contributed by atoms with Gasteiger partial charge in [-0.3, -0.25) is 0 Å². The Kier molecular flexibility index (Phi) is 4.63. The Morgan fingerprint density at radius 3 is 2.54 bits per heavy atom. The molecule has 1 aromatic heterocycles. The Hall–Kier alpha value is -2.79. The fourth-order valence-electron chi connectivity index (χ4n) is 2.63. The lowest BCUT2D eigenvalue weighted by Gasteiger charge is -2.12. The molecule has 0 saturated heterocycles. The van der Waals surface area contributed by atoms with Crippen molar-refractivity contribution in [2.75, 3.05) is 17.7 Å². The predicted molar refractivity (Wildman–Crippen MR) is 105 cm³/mol. The van der Waals surface area contributed by atoms with Gasteiger partial charge in [-0.25, -0.2) is 4.98 Å². The second-order valence-electron chi connectivity index (χ2n) is 6.22. The summed E-state index contributed by atoms with van der Waals surface area (Å²) >= 11 is 6.22. The Bertz CT molecular complexity index is 913. The molecule has 0 aliphatic heterocycles. The molecular formula is C20H19ClN4O. The van der Waals surface area contributed by atoms with Gasteiger partial charge in [0.2, 0.25) is 5.95 Å². The predicted octanol–water partition coefficient (Wildman–Crippen LogP) is 5.12. The molecule has 0 spiro atoms. The van der Waals surface area contributed by atoms with Gasteiger partial charge in [-0.05, 0) is 31.0 Å². The number of anilines is 3. The summed E-state index contributed by atoms with van der Waals surface area (Å²) in [5, 5.41) is 7.23. The third kappa shape index (κ3) is 3.89. The molecule has 1 aliphatic rings. The number of ether oxygens (including phenoxy) is 1. The molecule has 3 aromatic rings. The van der Waals surface area contributed by atoms with Crippen LogP contribution in [0.4, 0.5) is 17.5 Å². The van der Waals surface area contributed by atoms with Gasteiger partial charge < -0.3 is 15.4 Å². The third-order valence-corrected chi connectivity index (χ3v) is 4.43. The van der Waals surface area contributed by atoms with E-state index in [2.05, 4.69) is 20.6 Å². The van der Waals surface area contributed by atoms with Crippen LogP contribution in [0.5, 0.6) is 5.75 Å². The van der Waals surface area contributed by atoms with Crippen molar-refractivity contribution in [3.63, 3.8) is 0 Å². The van der Waals surface area contributed by atoms with Crippen LogP contribution < -0.4 is 15.4 Å². The molecule has 26 heavy (non-hydrogen) atoms. The van der Waals surface area contributed by atoms with Crippen molar-refractivity contribution in [2.24, 2.45) is 0 Å². The fourth-order valence-corrected chi connectivity index (χ4v) is 2.89. The largest absolute Gasteiger partial charge is 0.495 e. The maximum absolute atomic E-state index is 6.22. The number of hydrogen-bond donors (Lipinski definition) is 2. The minimum Gasteiger partial charge on any atom is -0.495 e. The van der Waals surface area contributed by atoms with Crippen molar-refractivity contribution in [3.8, 4) is 17.0 Å². The Morgan fingerprint density at radius 2 is 1.85 bits per heavy atom. The van der Waals surface area contributed by atoms with E-state index < -0.39 is 0 Å². The van der Waals surface area contributed by atoms with Crippen molar-refractivity contribution in [1.82, 2.24) is 9.97 Å². The first kappa shape index (κ1) is 16.7. The van der Waals surface area contributed by atoms with Crippen LogP contribution in [-0.2, 0) is 0 Å². The molecule has 5 nitrogen and oxygen atoms in total. The summed E-state index contributed by atoms with van der Waals surface area (Å²) in [6, 6.07) is 18.0. The van der Waals surface area contributed by atoms with E-state index >= 15 is 0 Å². The topological polar surface area (TPSA) is 59.1 Å². The van der Waals surface area contributed by atoms with Gasteiger partial charge in [0, 0.05) is 23.4 Å². The molecule has 2 aromatic carbocycles. The summed E-state index contributed by atoms with van der Waals surface area (Å²) in [4.78, 5) is 9.26. The maximum atomic E-state index is 6.22. The van der Waals surface area contributed by atoms with Crippen molar-refractivity contribution in [2.45, 2.75) is 18.9 Å². The van der Waals surface area contributed by atoms with Crippen molar-refractivity contribution in [1.29, 1.82) is 0 Å². The van der Waals surface area contributed by atoms with Crippen molar-refractivity contribution < 1.29 is 4.74 Å². The van der Waals surface area contributed by atoms with E-state index in [1.54, 1.807) is 7.11 Å². The Balaban J connectivity index is 1.66. The zero-order valence-electron chi connectivity index (χ0n) is 14.4. The third-order valence-electron chi connectivity index (χ3n) is 4.13. The zero-order valence-corrected chi connectivity index (χ0v) is 15.1. The lowest BCUT2D eigenvalue weighted by Crippen LogP contribution is -2.07. The molecule has 1 aliphatic carbocycles. The van der Waals surface area contributed by atoms with Crippen LogP contribution in [-0.4, -0.2) is 23.1 Å². The summed E-state index contributed by atoms with van der Waals surface area (Å²) in [6.45, 7) is 0. The molecule has 0 bridgehead atoms. The average Bonchev–Trinajstić information content (AvgIpc) is 3.46. The van der Waals surface area contributed by atoms with Gasteiger partial charge in [-0.15, -0.1) is 0 Å². The van der Waals surface area contributed by atoms with Crippen LogP contribution in [0.25, 0.3) is 11.3 Å². The summed E-state index contributed by atoms with van der Waals surface area (Å²) in [7, 11) is 1.60. The molecule has 132 valence electrons. The number of nitrogens with zero attached hydrogens (tertiary/aromatic N) is 2. The second kappa shape index (κ2) is 7.22. The summed E-state index contributed by atoms with van der Waals surface area (Å²) in [5.74, 6) is 1.99. The van der Waals surface area contributed by atoms with Crippen LogP contribution in [0.2, 0.25) is 5.02 Å². The number of aromatic nitrogens is 2. The lowest BCUT2D eigenvalue weighted by molar-refractivity contribution is 0.415. The minimum absolute atomic E-state index is 0.476. The highest BCUT2D eigenvalue weighted by Gasteiger charge is 2.22. The number of rotatable bonds is 6. The minimum atomic E-state index is 0.476. The Labute approximate surface area is 157 Å². The van der Waals surface area contributed by atoms with Gasteiger partial charge in [-0.1, -0.05) is 41.9 Å². The van der Waals surface area contributed by atoms with Gasteiger partial charge in [0.1, 0.15) is 11.6 Å². The molecule has 6 heteroatoms. The van der Waals surface area contributed by atoms with E-state index in [-0.39, 0.29) is 0 Å². The van der Waals surface area contributed by atoms with Crippen LogP contribution in [0.1, 0.15) is 12.8 Å². The van der Waals surface area contributed by atoms with Gasteiger partial charge >= 0.3 is 0 Å². The first-order valence-electron chi connectivity index (χ1n) is 8.53. The van der Waals surface area contributed by atoms with E-state index in [0.717, 1.165) is 29.8 Å². The van der Waals surface area contributed by atoms with E-state index in [1.165, 1.54) is 0 Å². The highest BCUT2D eigenvalue weighted by molar-refractivity contribution is 6.32. The number of hydrogen-bond acceptors (Lipinski definition) is 5. The molecule has 0 atom stereocenters. The van der Waals surface area contributed by atoms with Gasteiger partial charge in [0.15, 0.2) is 0 Å². The Morgan fingerprint density at radius 1 is 1.04 bits per heavy atom. The van der Waals surface area contributed by atoms with E-state index in [0.29, 0.717) is 28.6 Å². The van der Waals surface area contributed by atoms with Crippen molar-refractivity contribution >= 4 is 29.1 Å². The first-order chi connectivity index (χ1) is 12.7. The van der Waals surface area contributed by atoms with Gasteiger partial charge in [0.25, 0.3) is 0 Å². The standard InChI is InChI=1S/C20H19ClN4O/c1-26-18-10-9-15(11-16(18)21)22-19-12-17(13-5-3-2-4-6-13)24-20(25-19)23-14-7-8-14/h2-6,9-12,14H,7-8H2,1H3,(H2,22,23,24,25). The van der Waals surface area contributed by atoms with E-state index in [9.17, 15) is 0 Å². The lowest BCUT2D eigenvalue weighted by atomic mass is 10.1. The highest BCUT2D eigenvalue weighted by atomic mass is 35.5. The molecule has 0 radical (unpaired) electrons. The van der Waals surface area contributed by atoms with Crippen LogP contribution in [0, 0.1) is 0 Å². The van der Waals surface area contributed by atoms with E-state index in [1.807, 2.05) is 54.6 Å².